The van der Waals surface area contributed by atoms with E-state index in [0.717, 1.165) is 17.0 Å². The lowest BCUT2D eigenvalue weighted by atomic mass is 10.1. The van der Waals surface area contributed by atoms with Crippen LogP contribution < -0.4 is 10.2 Å². The first-order valence-corrected chi connectivity index (χ1v) is 7.28. The summed E-state index contributed by atoms with van der Waals surface area (Å²) in [5.41, 5.74) is -0.00205. The minimum absolute atomic E-state index is 0.288. The first kappa shape index (κ1) is 17.3. The molecule has 1 unspecified atom stereocenters. The van der Waals surface area contributed by atoms with E-state index in [0.29, 0.717) is 25.2 Å². The van der Waals surface area contributed by atoms with Crippen LogP contribution in [0.5, 0.6) is 0 Å². The van der Waals surface area contributed by atoms with Crippen LogP contribution in [0.25, 0.3) is 0 Å². The predicted octanol–water partition coefficient (Wildman–Crippen LogP) is 0.660. The highest BCUT2D eigenvalue weighted by Crippen LogP contribution is 2.28. The van der Waals surface area contributed by atoms with Gasteiger partial charge < -0.3 is 10.2 Å². The number of carbonyl (C=O) groups excluding carboxylic acids is 2. The number of carbonyl (C=O) groups is 2. The summed E-state index contributed by atoms with van der Waals surface area (Å²) in [5, 5.41) is 2.56. The van der Waals surface area contributed by atoms with Gasteiger partial charge in [-0.2, -0.15) is 13.2 Å². The Kier molecular flexibility index (Phi) is 4.93. The van der Waals surface area contributed by atoms with Crippen molar-refractivity contribution in [1.82, 2.24) is 10.2 Å². The van der Waals surface area contributed by atoms with Gasteiger partial charge in [0, 0.05) is 18.7 Å². The Morgan fingerprint density at radius 2 is 1.96 bits per heavy atom. The van der Waals surface area contributed by atoms with Crippen LogP contribution in [0.2, 0.25) is 0 Å². The number of rotatable bonds is 4. The molecule has 2 atom stereocenters. The maximum atomic E-state index is 12.5. The number of quaternary nitrogens is 1. The molecule has 1 aliphatic rings. The van der Waals surface area contributed by atoms with Crippen LogP contribution in [0.15, 0.2) is 24.3 Å². The molecule has 2 rings (SSSR count). The molecule has 0 spiro atoms. The van der Waals surface area contributed by atoms with Crippen molar-refractivity contribution in [2.45, 2.75) is 25.7 Å². The zero-order valence-electron chi connectivity index (χ0n) is 12.9. The van der Waals surface area contributed by atoms with Crippen molar-refractivity contribution in [1.29, 1.82) is 0 Å². The average Bonchev–Trinajstić information content (AvgIpc) is 2.91. The van der Waals surface area contributed by atoms with E-state index in [1.807, 2.05) is 0 Å². The molecular weight excluding hydrogens is 311 g/mol. The zero-order valence-corrected chi connectivity index (χ0v) is 12.9. The van der Waals surface area contributed by atoms with Gasteiger partial charge in [0.15, 0.2) is 6.04 Å². The fraction of sp³-hybridized carbons (Fsp3) is 0.467. The Bertz CT molecular complexity index is 587. The van der Waals surface area contributed by atoms with E-state index in [4.69, 9.17) is 0 Å². The third-order valence-electron chi connectivity index (χ3n) is 4.00. The topological polar surface area (TPSA) is 53.9 Å². The normalized spacial score (nSPS) is 17.8. The van der Waals surface area contributed by atoms with Crippen molar-refractivity contribution >= 4 is 11.9 Å². The number of likely N-dealkylation sites (N-methyl/N-ethyl adjacent to an activating group) is 1. The van der Waals surface area contributed by atoms with E-state index in [1.54, 1.807) is 14.0 Å². The standard InChI is InChI=1S/C15H18F3N3O2/c1-10(13(22)21-8-7-19-14(21)23)20(2)9-11-3-5-12(6-4-11)15(16,17)18/h3-6,10H,7-9H2,1-2H3,(H,19,23)/p+1/t10-/m1/s1. The van der Waals surface area contributed by atoms with Crippen LogP contribution >= 0.6 is 0 Å². The molecule has 1 saturated heterocycles. The van der Waals surface area contributed by atoms with E-state index in [2.05, 4.69) is 5.32 Å². The third kappa shape index (κ3) is 4.01. The first-order valence-electron chi connectivity index (χ1n) is 7.28. The van der Waals surface area contributed by atoms with Crippen molar-refractivity contribution in [2.24, 2.45) is 0 Å². The molecule has 1 aromatic carbocycles. The second-order valence-corrected chi connectivity index (χ2v) is 5.66. The molecule has 1 aliphatic heterocycles. The summed E-state index contributed by atoms with van der Waals surface area (Å²) in [4.78, 5) is 25.7. The predicted molar refractivity (Wildman–Crippen MR) is 76.6 cm³/mol. The van der Waals surface area contributed by atoms with Crippen molar-refractivity contribution in [3.8, 4) is 0 Å². The Hall–Kier alpha value is -2.09. The fourth-order valence-electron chi connectivity index (χ4n) is 2.41. The van der Waals surface area contributed by atoms with Crippen LogP contribution in [-0.2, 0) is 17.5 Å². The number of halogens is 3. The van der Waals surface area contributed by atoms with Gasteiger partial charge in [0.25, 0.3) is 5.91 Å². The SMILES string of the molecule is C[C@H](C(=O)N1CCNC1=O)[NH+](C)Cc1ccc(C(F)(F)F)cc1. The van der Waals surface area contributed by atoms with Gasteiger partial charge in [0.2, 0.25) is 0 Å². The van der Waals surface area contributed by atoms with Crippen LogP contribution in [0.1, 0.15) is 18.1 Å². The minimum Gasteiger partial charge on any atom is -0.336 e. The van der Waals surface area contributed by atoms with Gasteiger partial charge in [0.1, 0.15) is 6.54 Å². The summed E-state index contributed by atoms with van der Waals surface area (Å²) < 4.78 is 37.6. The molecule has 3 amide bonds. The van der Waals surface area contributed by atoms with Gasteiger partial charge in [-0.3, -0.25) is 9.69 Å². The highest BCUT2D eigenvalue weighted by Gasteiger charge is 2.34. The Morgan fingerprint density at radius 3 is 2.43 bits per heavy atom. The molecule has 1 fully saturated rings. The molecule has 5 nitrogen and oxygen atoms in total. The molecule has 0 saturated carbocycles. The number of nitrogens with zero attached hydrogens (tertiary/aromatic N) is 1. The lowest BCUT2D eigenvalue weighted by molar-refractivity contribution is -0.908. The van der Waals surface area contributed by atoms with Gasteiger partial charge in [-0.15, -0.1) is 0 Å². The molecule has 0 aromatic heterocycles. The smallest absolute Gasteiger partial charge is 0.336 e. The summed E-state index contributed by atoms with van der Waals surface area (Å²) in [6.07, 6.45) is -4.36. The van der Waals surface area contributed by atoms with E-state index in [1.165, 1.54) is 17.0 Å². The number of imide groups is 1. The lowest BCUT2D eigenvalue weighted by Crippen LogP contribution is -3.12. The van der Waals surface area contributed by atoms with Gasteiger partial charge in [-0.1, -0.05) is 12.1 Å². The second-order valence-electron chi connectivity index (χ2n) is 5.66. The van der Waals surface area contributed by atoms with Gasteiger partial charge in [-0.25, -0.2) is 4.79 Å². The molecule has 0 bridgehead atoms. The molecule has 0 aliphatic carbocycles. The number of benzene rings is 1. The van der Waals surface area contributed by atoms with Gasteiger partial charge >= 0.3 is 12.2 Å². The summed E-state index contributed by atoms with van der Waals surface area (Å²) in [7, 11) is 1.77. The Labute approximate surface area is 132 Å². The molecule has 0 radical (unpaired) electrons. The zero-order chi connectivity index (χ0) is 17.2. The quantitative estimate of drug-likeness (QED) is 0.852. The van der Waals surface area contributed by atoms with Crippen LogP contribution in [0.4, 0.5) is 18.0 Å². The van der Waals surface area contributed by atoms with Crippen molar-refractivity contribution < 1.29 is 27.7 Å². The number of hydrogen-bond donors (Lipinski definition) is 2. The van der Waals surface area contributed by atoms with Crippen molar-refractivity contribution in [2.75, 3.05) is 20.1 Å². The van der Waals surface area contributed by atoms with E-state index in [-0.39, 0.29) is 5.91 Å². The second kappa shape index (κ2) is 6.57. The molecule has 2 N–H and O–H groups in total. The highest BCUT2D eigenvalue weighted by molar-refractivity contribution is 5.97. The summed E-state index contributed by atoms with van der Waals surface area (Å²) in [6, 6.07) is 4.01. The molecule has 1 heterocycles. The van der Waals surface area contributed by atoms with Crippen molar-refractivity contribution in [3.05, 3.63) is 35.4 Å². The Morgan fingerprint density at radius 1 is 1.35 bits per heavy atom. The average molecular weight is 330 g/mol. The number of urea groups is 1. The molecule has 126 valence electrons. The number of hydrogen-bond acceptors (Lipinski definition) is 2. The van der Waals surface area contributed by atoms with Crippen LogP contribution in [0, 0.1) is 0 Å². The maximum Gasteiger partial charge on any atom is 0.416 e. The molecule has 23 heavy (non-hydrogen) atoms. The van der Waals surface area contributed by atoms with Crippen LogP contribution in [-0.4, -0.2) is 43.0 Å². The van der Waals surface area contributed by atoms with E-state index >= 15 is 0 Å². The maximum absolute atomic E-state index is 12.5. The molecule has 1 aromatic rings. The van der Waals surface area contributed by atoms with E-state index in [9.17, 15) is 22.8 Å². The van der Waals surface area contributed by atoms with Gasteiger partial charge in [-0.05, 0) is 19.1 Å². The molecular formula is C15H19F3N3O2+. The Balaban J connectivity index is 1.99. The summed E-state index contributed by atoms with van der Waals surface area (Å²) in [5.74, 6) is -0.288. The largest absolute Gasteiger partial charge is 0.416 e. The van der Waals surface area contributed by atoms with Crippen LogP contribution in [0.3, 0.4) is 0 Å². The number of nitrogens with one attached hydrogen (secondary N) is 2. The number of alkyl halides is 3. The summed E-state index contributed by atoms with van der Waals surface area (Å²) in [6.45, 7) is 2.87. The van der Waals surface area contributed by atoms with Gasteiger partial charge in [0.05, 0.1) is 12.6 Å². The monoisotopic (exact) mass is 330 g/mol. The highest BCUT2D eigenvalue weighted by atomic mass is 19.4. The lowest BCUT2D eigenvalue weighted by Gasteiger charge is -2.24. The minimum atomic E-state index is -4.36. The fourth-order valence-corrected chi connectivity index (χ4v) is 2.41. The van der Waals surface area contributed by atoms with Crippen molar-refractivity contribution in [3.63, 3.8) is 0 Å². The number of amides is 3. The summed E-state index contributed by atoms with van der Waals surface area (Å²) >= 11 is 0. The van der Waals surface area contributed by atoms with E-state index < -0.39 is 23.8 Å². The first-order chi connectivity index (χ1) is 10.7. The molecule has 8 heteroatoms. The third-order valence-corrected chi connectivity index (χ3v) is 4.00.